The van der Waals surface area contributed by atoms with Crippen LogP contribution in [0.3, 0.4) is 0 Å². The fraction of sp³-hybridized carbons (Fsp3) is 0.300. The minimum absolute atomic E-state index is 0.657. The maximum Gasteiger partial charge on any atom is 0.211 e. The van der Waals surface area contributed by atoms with Crippen LogP contribution in [-0.2, 0) is 6.54 Å². The molecule has 1 aliphatic carbocycles. The van der Waals surface area contributed by atoms with Gasteiger partial charge in [0.05, 0.1) is 18.5 Å². The van der Waals surface area contributed by atoms with E-state index in [2.05, 4.69) is 44.4 Å². The third kappa shape index (κ3) is 3.82. The predicted octanol–water partition coefficient (Wildman–Crippen LogP) is 5.08. The molecule has 1 saturated carbocycles. The van der Waals surface area contributed by atoms with Gasteiger partial charge in [0, 0.05) is 11.1 Å². The SMILES string of the molecule is c1ccc(-c2csc(=NN=C3CCCCC3)n2Cc2ccco2)cc1. The van der Waals surface area contributed by atoms with E-state index in [1.807, 2.05) is 18.2 Å². The van der Waals surface area contributed by atoms with Crippen molar-refractivity contribution in [2.24, 2.45) is 10.2 Å². The van der Waals surface area contributed by atoms with Crippen molar-refractivity contribution in [1.82, 2.24) is 4.57 Å². The molecule has 4 nitrogen and oxygen atoms in total. The van der Waals surface area contributed by atoms with Gasteiger partial charge < -0.3 is 8.98 Å². The van der Waals surface area contributed by atoms with Crippen LogP contribution >= 0.6 is 11.3 Å². The van der Waals surface area contributed by atoms with Crippen molar-refractivity contribution in [1.29, 1.82) is 0 Å². The first-order chi connectivity index (χ1) is 12.4. The van der Waals surface area contributed by atoms with E-state index < -0.39 is 0 Å². The van der Waals surface area contributed by atoms with Gasteiger partial charge in [-0.15, -0.1) is 16.4 Å². The summed E-state index contributed by atoms with van der Waals surface area (Å²) in [5.74, 6) is 0.919. The molecular weight excluding hydrogens is 330 g/mol. The van der Waals surface area contributed by atoms with Gasteiger partial charge in [-0.1, -0.05) is 36.8 Å². The van der Waals surface area contributed by atoms with Gasteiger partial charge in [0.1, 0.15) is 5.76 Å². The molecule has 1 fully saturated rings. The molecule has 128 valence electrons. The number of thiazole rings is 1. The van der Waals surface area contributed by atoms with E-state index in [1.54, 1.807) is 17.6 Å². The van der Waals surface area contributed by atoms with Crippen LogP contribution in [0.1, 0.15) is 37.9 Å². The van der Waals surface area contributed by atoms with Crippen molar-refractivity contribution < 1.29 is 4.42 Å². The van der Waals surface area contributed by atoms with E-state index >= 15 is 0 Å². The summed E-state index contributed by atoms with van der Waals surface area (Å²) >= 11 is 1.63. The zero-order valence-electron chi connectivity index (χ0n) is 14.1. The molecule has 0 amide bonds. The maximum absolute atomic E-state index is 5.55. The Labute approximate surface area is 151 Å². The first kappa shape index (κ1) is 16.1. The van der Waals surface area contributed by atoms with E-state index in [4.69, 9.17) is 4.42 Å². The number of benzene rings is 1. The number of hydrogen-bond acceptors (Lipinski definition) is 4. The van der Waals surface area contributed by atoms with Crippen molar-refractivity contribution in [2.75, 3.05) is 0 Å². The maximum atomic E-state index is 5.55. The summed E-state index contributed by atoms with van der Waals surface area (Å²) in [6, 6.07) is 14.3. The summed E-state index contributed by atoms with van der Waals surface area (Å²) in [6.07, 6.45) is 7.66. The van der Waals surface area contributed by atoms with Gasteiger partial charge in [0.25, 0.3) is 0 Å². The van der Waals surface area contributed by atoms with Gasteiger partial charge >= 0.3 is 0 Å². The molecule has 4 rings (SSSR count). The molecule has 1 aliphatic rings. The Kier molecular flexibility index (Phi) is 4.93. The van der Waals surface area contributed by atoms with Crippen molar-refractivity contribution in [3.05, 3.63) is 64.7 Å². The number of furan rings is 1. The fourth-order valence-electron chi connectivity index (χ4n) is 3.13. The molecule has 1 aromatic carbocycles. The summed E-state index contributed by atoms with van der Waals surface area (Å²) in [5.41, 5.74) is 3.55. The third-order valence-electron chi connectivity index (χ3n) is 4.47. The molecule has 0 N–H and O–H groups in total. The van der Waals surface area contributed by atoms with Crippen LogP contribution in [-0.4, -0.2) is 10.3 Å². The van der Waals surface area contributed by atoms with Crippen molar-refractivity contribution in [3.63, 3.8) is 0 Å². The van der Waals surface area contributed by atoms with Crippen LogP contribution in [0, 0.1) is 0 Å². The zero-order valence-corrected chi connectivity index (χ0v) is 14.9. The normalized spacial score (nSPS) is 15.5. The molecule has 2 heterocycles. The first-order valence-corrected chi connectivity index (χ1v) is 9.64. The quantitative estimate of drug-likeness (QED) is 0.605. The predicted molar refractivity (Wildman–Crippen MR) is 102 cm³/mol. The van der Waals surface area contributed by atoms with Gasteiger partial charge in [-0.2, -0.15) is 5.10 Å². The van der Waals surface area contributed by atoms with Crippen LogP contribution in [0.4, 0.5) is 0 Å². The van der Waals surface area contributed by atoms with Gasteiger partial charge in [-0.05, 0) is 43.4 Å². The van der Waals surface area contributed by atoms with Crippen LogP contribution in [0.5, 0.6) is 0 Å². The highest BCUT2D eigenvalue weighted by Crippen LogP contribution is 2.21. The highest BCUT2D eigenvalue weighted by atomic mass is 32.1. The average molecular weight is 351 g/mol. The third-order valence-corrected chi connectivity index (χ3v) is 5.32. The standard InChI is InChI=1S/C20H21N3OS/c1-3-8-16(9-4-1)19-15-25-20(22-21-17-10-5-2-6-11-17)23(19)14-18-12-7-13-24-18/h1,3-4,7-9,12-13,15H,2,5-6,10-11,14H2. The second-order valence-electron chi connectivity index (χ2n) is 6.26. The van der Waals surface area contributed by atoms with Crippen molar-refractivity contribution in [3.8, 4) is 11.3 Å². The summed E-state index contributed by atoms with van der Waals surface area (Å²) in [4.78, 5) is 0.910. The van der Waals surface area contributed by atoms with Gasteiger partial charge in [-0.25, -0.2) is 0 Å². The molecule has 0 bridgehead atoms. The smallest absolute Gasteiger partial charge is 0.211 e. The Balaban J connectivity index is 1.74. The second-order valence-corrected chi connectivity index (χ2v) is 7.10. The highest BCUT2D eigenvalue weighted by Gasteiger charge is 2.10. The minimum Gasteiger partial charge on any atom is -0.467 e. The zero-order chi connectivity index (χ0) is 16.9. The lowest BCUT2D eigenvalue weighted by molar-refractivity contribution is 0.491. The van der Waals surface area contributed by atoms with Gasteiger partial charge in [-0.3, -0.25) is 0 Å². The second kappa shape index (κ2) is 7.66. The molecule has 25 heavy (non-hydrogen) atoms. The topological polar surface area (TPSA) is 42.8 Å². The molecule has 0 saturated heterocycles. The number of nitrogens with zero attached hydrogens (tertiary/aromatic N) is 3. The minimum atomic E-state index is 0.657. The average Bonchev–Trinajstić information content (AvgIpc) is 3.32. The van der Waals surface area contributed by atoms with E-state index in [1.165, 1.54) is 30.5 Å². The van der Waals surface area contributed by atoms with Crippen molar-refractivity contribution in [2.45, 2.75) is 38.6 Å². The van der Waals surface area contributed by atoms with Crippen molar-refractivity contribution >= 4 is 17.0 Å². The molecule has 0 radical (unpaired) electrons. The van der Waals surface area contributed by atoms with Crippen LogP contribution in [0.25, 0.3) is 11.3 Å². The van der Waals surface area contributed by atoms with E-state index in [9.17, 15) is 0 Å². The lowest BCUT2D eigenvalue weighted by atomic mass is 9.99. The number of rotatable bonds is 4. The fourth-order valence-corrected chi connectivity index (χ4v) is 3.99. The summed E-state index contributed by atoms with van der Waals surface area (Å²) in [6.45, 7) is 0.657. The van der Waals surface area contributed by atoms with E-state index in [-0.39, 0.29) is 0 Å². The Morgan fingerprint density at radius 1 is 0.960 bits per heavy atom. The molecule has 0 aliphatic heterocycles. The molecule has 3 aromatic rings. The first-order valence-electron chi connectivity index (χ1n) is 8.76. The lowest BCUT2D eigenvalue weighted by Crippen LogP contribution is -2.16. The van der Waals surface area contributed by atoms with E-state index in [0.29, 0.717) is 6.54 Å². The molecule has 2 aromatic heterocycles. The summed E-state index contributed by atoms with van der Waals surface area (Å²) in [7, 11) is 0. The van der Waals surface area contributed by atoms with Crippen LogP contribution in [0.2, 0.25) is 0 Å². The molecule has 0 atom stereocenters. The number of aromatic nitrogens is 1. The molecule has 5 heteroatoms. The van der Waals surface area contributed by atoms with Gasteiger partial charge in [0.2, 0.25) is 4.80 Å². The number of hydrogen-bond donors (Lipinski definition) is 0. The van der Waals surface area contributed by atoms with Gasteiger partial charge in [0.15, 0.2) is 0 Å². The molecule has 0 spiro atoms. The van der Waals surface area contributed by atoms with Crippen LogP contribution < -0.4 is 4.80 Å². The summed E-state index contributed by atoms with van der Waals surface area (Å²) < 4.78 is 7.74. The Morgan fingerprint density at radius 3 is 2.56 bits per heavy atom. The largest absolute Gasteiger partial charge is 0.467 e. The van der Waals surface area contributed by atoms with Crippen LogP contribution in [0.15, 0.2) is 68.7 Å². The monoisotopic (exact) mass is 351 g/mol. The molecular formula is C20H21N3OS. The Bertz CT molecular complexity index is 896. The van der Waals surface area contributed by atoms with E-state index in [0.717, 1.165) is 29.1 Å². The Hall–Kier alpha value is -2.40. The Morgan fingerprint density at radius 2 is 1.80 bits per heavy atom. The highest BCUT2D eigenvalue weighted by molar-refractivity contribution is 7.07. The summed E-state index contributed by atoms with van der Waals surface area (Å²) in [5, 5.41) is 11.3. The lowest BCUT2D eigenvalue weighted by Gasteiger charge is -2.10. The molecule has 0 unspecified atom stereocenters.